The van der Waals surface area contributed by atoms with Crippen LogP contribution in [0, 0.1) is 0 Å². The molecule has 1 atom stereocenters. The van der Waals surface area contributed by atoms with Gasteiger partial charge >= 0.3 is 0 Å². The average Bonchev–Trinajstić information content (AvgIpc) is 2.56. The molecule has 1 N–H and O–H groups in total. The number of phenolic OH excluding ortho intramolecular Hbond substituents is 1. The zero-order valence-electron chi connectivity index (χ0n) is 13.5. The standard InChI is InChI=1S/C18H20N2O3/c1-4-23-16-11-12(9-10-15(16)21)17-19(2)14-8-6-5-7-13(14)18(22)20(17)3/h5-11,17,21H,4H2,1-3H3. The smallest absolute Gasteiger partial charge is 0.257 e. The van der Waals surface area contributed by atoms with E-state index in [1.54, 1.807) is 24.1 Å². The first kappa shape index (κ1) is 15.2. The van der Waals surface area contributed by atoms with Crippen molar-refractivity contribution in [1.29, 1.82) is 0 Å². The van der Waals surface area contributed by atoms with Gasteiger partial charge in [-0.2, -0.15) is 0 Å². The van der Waals surface area contributed by atoms with E-state index in [-0.39, 0.29) is 17.8 Å². The van der Waals surface area contributed by atoms with Gasteiger partial charge in [-0.1, -0.05) is 18.2 Å². The first-order valence-corrected chi connectivity index (χ1v) is 7.59. The fourth-order valence-corrected chi connectivity index (χ4v) is 3.06. The van der Waals surface area contributed by atoms with E-state index in [0.29, 0.717) is 17.9 Å². The Bertz CT molecular complexity index is 745. The molecule has 1 unspecified atom stereocenters. The fourth-order valence-electron chi connectivity index (χ4n) is 3.06. The van der Waals surface area contributed by atoms with E-state index in [2.05, 4.69) is 4.90 Å². The molecular weight excluding hydrogens is 292 g/mol. The van der Waals surface area contributed by atoms with E-state index in [1.807, 2.05) is 44.3 Å². The second-order valence-electron chi connectivity index (χ2n) is 5.58. The first-order valence-electron chi connectivity index (χ1n) is 7.59. The summed E-state index contributed by atoms with van der Waals surface area (Å²) >= 11 is 0. The van der Waals surface area contributed by atoms with Crippen LogP contribution < -0.4 is 9.64 Å². The van der Waals surface area contributed by atoms with E-state index in [9.17, 15) is 9.90 Å². The number of hydrogen-bond acceptors (Lipinski definition) is 4. The van der Waals surface area contributed by atoms with Crippen LogP contribution in [0.25, 0.3) is 0 Å². The summed E-state index contributed by atoms with van der Waals surface area (Å²) in [6.45, 7) is 2.33. The second kappa shape index (κ2) is 5.83. The van der Waals surface area contributed by atoms with Crippen LogP contribution in [0.4, 0.5) is 5.69 Å². The topological polar surface area (TPSA) is 53.0 Å². The van der Waals surface area contributed by atoms with Gasteiger partial charge in [0.2, 0.25) is 0 Å². The van der Waals surface area contributed by atoms with Gasteiger partial charge in [0.25, 0.3) is 5.91 Å². The molecule has 2 aromatic carbocycles. The number of phenols is 1. The molecule has 0 bridgehead atoms. The van der Waals surface area contributed by atoms with Gasteiger partial charge in [-0.15, -0.1) is 0 Å². The molecule has 0 saturated heterocycles. The predicted molar refractivity (Wildman–Crippen MR) is 89.0 cm³/mol. The third kappa shape index (κ3) is 2.48. The number of para-hydroxylation sites is 1. The Morgan fingerprint density at radius 3 is 2.61 bits per heavy atom. The number of carbonyl (C=O) groups excluding carboxylic acids is 1. The highest BCUT2D eigenvalue weighted by Crippen LogP contribution is 2.39. The number of fused-ring (bicyclic) bond motifs is 1. The van der Waals surface area contributed by atoms with Gasteiger partial charge in [-0.3, -0.25) is 4.79 Å². The van der Waals surface area contributed by atoms with Crippen molar-refractivity contribution in [2.24, 2.45) is 0 Å². The number of anilines is 1. The summed E-state index contributed by atoms with van der Waals surface area (Å²) in [5.41, 5.74) is 2.48. The van der Waals surface area contributed by atoms with Crippen molar-refractivity contribution in [1.82, 2.24) is 4.90 Å². The van der Waals surface area contributed by atoms with Crippen molar-refractivity contribution in [3.63, 3.8) is 0 Å². The van der Waals surface area contributed by atoms with Crippen LogP contribution in [0.5, 0.6) is 11.5 Å². The van der Waals surface area contributed by atoms with E-state index in [0.717, 1.165) is 11.3 Å². The number of nitrogens with zero attached hydrogens (tertiary/aromatic N) is 2. The number of carbonyl (C=O) groups is 1. The first-order chi connectivity index (χ1) is 11.0. The highest BCUT2D eigenvalue weighted by atomic mass is 16.5. The summed E-state index contributed by atoms with van der Waals surface area (Å²) in [6, 6.07) is 12.8. The normalized spacial score (nSPS) is 17.2. The van der Waals surface area contributed by atoms with Crippen LogP contribution in [0.1, 0.15) is 29.0 Å². The lowest BCUT2D eigenvalue weighted by Gasteiger charge is -2.42. The summed E-state index contributed by atoms with van der Waals surface area (Å²) in [4.78, 5) is 16.4. The summed E-state index contributed by atoms with van der Waals surface area (Å²) in [7, 11) is 3.74. The average molecular weight is 312 g/mol. The van der Waals surface area contributed by atoms with E-state index < -0.39 is 0 Å². The third-order valence-electron chi connectivity index (χ3n) is 4.15. The molecule has 2 aromatic rings. The summed E-state index contributed by atoms with van der Waals surface area (Å²) in [5, 5.41) is 9.89. The lowest BCUT2D eigenvalue weighted by molar-refractivity contribution is 0.0711. The molecule has 0 aliphatic carbocycles. The van der Waals surface area contributed by atoms with Crippen molar-refractivity contribution < 1.29 is 14.6 Å². The molecule has 1 aliphatic rings. The van der Waals surface area contributed by atoms with Gasteiger partial charge < -0.3 is 19.6 Å². The predicted octanol–water partition coefficient (Wildman–Crippen LogP) is 3.01. The monoisotopic (exact) mass is 312 g/mol. The van der Waals surface area contributed by atoms with Crippen molar-refractivity contribution in [2.75, 3.05) is 25.6 Å². The van der Waals surface area contributed by atoms with E-state index in [4.69, 9.17) is 4.74 Å². The minimum atomic E-state index is -0.253. The minimum absolute atomic E-state index is 0.0188. The summed E-state index contributed by atoms with van der Waals surface area (Å²) in [6.07, 6.45) is -0.253. The van der Waals surface area contributed by atoms with Gasteiger partial charge in [0.05, 0.1) is 17.9 Å². The highest BCUT2D eigenvalue weighted by Gasteiger charge is 2.34. The van der Waals surface area contributed by atoms with Crippen LogP contribution in [0.3, 0.4) is 0 Å². The fraction of sp³-hybridized carbons (Fsp3) is 0.278. The Balaban J connectivity index is 2.06. The minimum Gasteiger partial charge on any atom is -0.504 e. The maximum absolute atomic E-state index is 12.6. The van der Waals surface area contributed by atoms with Gasteiger partial charge in [0.15, 0.2) is 11.5 Å². The molecule has 1 aliphatic heterocycles. The van der Waals surface area contributed by atoms with Crippen LogP contribution in [-0.4, -0.2) is 36.6 Å². The number of rotatable bonds is 3. The van der Waals surface area contributed by atoms with Crippen molar-refractivity contribution in [3.8, 4) is 11.5 Å². The lowest BCUT2D eigenvalue weighted by Crippen LogP contribution is -2.45. The van der Waals surface area contributed by atoms with Crippen molar-refractivity contribution >= 4 is 11.6 Å². The third-order valence-corrected chi connectivity index (χ3v) is 4.15. The molecule has 23 heavy (non-hydrogen) atoms. The summed E-state index contributed by atoms with van der Waals surface area (Å²) < 4.78 is 5.46. The van der Waals surface area contributed by atoms with Crippen molar-refractivity contribution in [2.45, 2.75) is 13.1 Å². The van der Waals surface area contributed by atoms with Gasteiger partial charge in [-0.05, 0) is 36.8 Å². The Morgan fingerprint density at radius 2 is 1.87 bits per heavy atom. The van der Waals surface area contributed by atoms with Gasteiger partial charge in [-0.25, -0.2) is 0 Å². The molecule has 0 spiro atoms. The summed E-state index contributed by atoms with van der Waals surface area (Å²) in [5.74, 6) is 0.510. The van der Waals surface area contributed by atoms with Crippen LogP contribution >= 0.6 is 0 Å². The Kier molecular flexibility index (Phi) is 3.86. The Hall–Kier alpha value is -2.69. The molecule has 0 fully saturated rings. The molecule has 1 heterocycles. The molecule has 120 valence electrons. The lowest BCUT2D eigenvalue weighted by atomic mass is 10.0. The number of hydrogen-bond donors (Lipinski definition) is 1. The van der Waals surface area contributed by atoms with Gasteiger partial charge in [0, 0.05) is 14.1 Å². The second-order valence-corrected chi connectivity index (χ2v) is 5.58. The quantitative estimate of drug-likeness (QED) is 0.946. The Labute approximate surface area is 135 Å². The largest absolute Gasteiger partial charge is 0.504 e. The zero-order chi connectivity index (χ0) is 16.6. The number of benzene rings is 2. The molecule has 1 amide bonds. The van der Waals surface area contributed by atoms with E-state index in [1.165, 1.54) is 0 Å². The van der Waals surface area contributed by atoms with Crippen LogP contribution in [-0.2, 0) is 0 Å². The molecule has 0 saturated carbocycles. The van der Waals surface area contributed by atoms with Gasteiger partial charge in [0.1, 0.15) is 6.17 Å². The number of aromatic hydroxyl groups is 1. The van der Waals surface area contributed by atoms with Crippen LogP contribution in [0.2, 0.25) is 0 Å². The number of amides is 1. The Morgan fingerprint density at radius 1 is 1.13 bits per heavy atom. The molecular formula is C18H20N2O3. The van der Waals surface area contributed by atoms with Crippen LogP contribution in [0.15, 0.2) is 42.5 Å². The molecule has 0 radical (unpaired) electrons. The molecule has 0 aromatic heterocycles. The number of ether oxygens (including phenoxy) is 1. The van der Waals surface area contributed by atoms with Crippen molar-refractivity contribution in [3.05, 3.63) is 53.6 Å². The maximum Gasteiger partial charge on any atom is 0.257 e. The molecule has 3 rings (SSSR count). The van der Waals surface area contributed by atoms with E-state index >= 15 is 0 Å². The SMILES string of the molecule is CCOc1cc(C2N(C)C(=O)c3ccccc3N2C)ccc1O. The maximum atomic E-state index is 12.6. The molecule has 5 heteroatoms. The molecule has 5 nitrogen and oxygen atoms in total. The highest BCUT2D eigenvalue weighted by molar-refractivity contribution is 6.01. The zero-order valence-corrected chi connectivity index (χ0v) is 13.5.